The third-order valence-electron chi connectivity index (χ3n) is 2.69. The third-order valence-corrected chi connectivity index (χ3v) is 2.96. The van der Waals surface area contributed by atoms with Crippen molar-refractivity contribution in [2.75, 3.05) is 0 Å². The maximum absolute atomic E-state index is 5.20. The van der Waals surface area contributed by atoms with Gasteiger partial charge in [-0.05, 0) is 29.9 Å². The molecule has 0 unspecified atom stereocenters. The lowest BCUT2D eigenvalue weighted by Crippen LogP contribution is -1.95. The lowest BCUT2D eigenvalue weighted by atomic mass is 10.2. The first-order chi connectivity index (χ1) is 9.84. The molecule has 2 aromatic heterocycles. The number of pyridine rings is 1. The summed E-state index contributed by atoms with van der Waals surface area (Å²) in [6.45, 7) is 0. The highest BCUT2D eigenvalue weighted by molar-refractivity contribution is 7.71. The standard InChI is InChI=1S/C14H11N5S/c20-14-18-17-13(12-7-4-8-15-10-12)19(14)16-9-11-5-2-1-3-6-11/h1-10H,(H,18,20)/b16-9-. The van der Waals surface area contributed by atoms with Crippen LogP contribution in [0.2, 0.25) is 0 Å². The van der Waals surface area contributed by atoms with Crippen molar-refractivity contribution in [2.24, 2.45) is 5.10 Å². The SMILES string of the molecule is S=c1[nH]nc(-c2cccnc2)n1/N=C\c1ccccc1. The molecular weight excluding hydrogens is 270 g/mol. The molecule has 98 valence electrons. The molecule has 6 heteroatoms. The number of hydrogen-bond acceptors (Lipinski definition) is 4. The van der Waals surface area contributed by atoms with E-state index >= 15 is 0 Å². The van der Waals surface area contributed by atoms with E-state index in [9.17, 15) is 0 Å². The van der Waals surface area contributed by atoms with Crippen LogP contribution in [0.5, 0.6) is 0 Å². The Balaban J connectivity index is 2.01. The van der Waals surface area contributed by atoms with Gasteiger partial charge in [0.2, 0.25) is 4.77 Å². The second-order valence-electron chi connectivity index (χ2n) is 4.06. The number of aromatic nitrogens is 4. The number of benzene rings is 1. The first kappa shape index (κ1) is 12.4. The zero-order valence-electron chi connectivity index (χ0n) is 10.5. The second kappa shape index (κ2) is 5.58. The number of hydrogen-bond donors (Lipinski definition) is 1. The first-order valence-electron chi connectivity index (χ1n) is 6.02. The van der Waals surface area contributed by atoms with E-state index in [1.165, 1.54) is 0 Å². The summed E-state index contributed by atoms with van der Waals surface area (Å²) in [5.74, 6) is 0.635. The molecule has 2 heterocycles. The number of nitrogens with one attached hydrogen (secondary N) is 1. The molecule has 1 N–H and O–H groups in total. The van der Waals surface area contributed by atoms with Crippen LogP contribution in [-0.4, -0.2) is 26.1 Å². The van der Waals surface area contributed by atoms with Gasteiger partial charge in [-0.2, -0.15) is 14.9 Å². The largest absolute Gasteiger partial charge is 0.264 e. The van der Waals surface area contributed by atoms with Gasteiger partial charge < -0.3 is 0 Å². The fourth-order valence-corrected chi connectivity index (χ4v) is 1.92. The van der Waals surface area contributed by atoms with Crippen LogP contribution in [0, 0.1) is 4.77 Å². The lowest BCUT2D eigenvalue weighted by molar-refractivity contribution is 0.871. The minimum atomic E-state index is 0.441. The average molecular weight is 281 g/mol. The maximum atomic E-state index is 5.20. The molecule has 0 bridgehead atoms. The van der Waals surface area contributed by atoms with Gasteiger partial charge >= 0.3 is 0 Å². The van der Waals surface area contributed by atoms with Crippen LogP contribution in [0.4, 0.5) is 0 Å². The summed E-state index contributed by atoms with van der Waals surface area (Å²) in [7, 11) is 0. The minimum Gasteiger partial charge on any atom is -0.264 e. The van der Waals surface area contributed by atoms with Crippen LogP contribution in [0.1, 0.15) is 5.56 Å². The monoisotopic (exact) mass is 281 g/mol. The Kier molecular flexibility index (Phi) is 3.47. The predicted molar refractivity (Wildman–Crippen MR) is 80.1 cm³/mol. The van der Waals surface area contributed by atoms with Crippen molar-refractivity contribution in [2.45, 2.75) is 0 Å². The maximum Gasteiger partial charge on any atom is 0.216 e. The van der Waals surface area contributed by atoms with E-state index in [0.29, 0.717) is 10.6 Å². The first-order valence-corrected chi connectivity index (χ1v) is 6.42. The van der Waals surface area contributed by atoms with Crippen molar-refractivity contribution in [3.8, 4) is 11.4 Å². The Morgan fingerprint density at radius 1 is 1.15 bits per heavy atom. The van der Waals surface area contributed by atoms with Gasteiger partial charge in [0.15, 0.2) is 5.82 Å². The topological polar surface area (TPSA) is 58.9 Å². The molecule has 5 nitrogen and oxygen atoms in total. The van der Waals surface area contributed by atoms with Gasteiger partial charge in [-0.15, -0.1) is 0 Å². The fourth-order valence-electron chi connectivity index (χ4n) is 1.74. The molecule has 0 radical (unpaired) electrons. The Labute approximate surface area is 120 Å². The molecule has 0 atom stereocenters. The molecule has 20 heavy (non-hydrogen) atoms. The summed E-state index contributed by atoms with van der Waals surface area (Å²) in [4.78, 5) is 4.08. The number of H-pyrrole nitrogens is 1. The molecule has 3 aromatic rings. The fraction of sp³-hybridized carbons (Fsp3) is 0. The van der Waals surface area contributed by atoms with Gasteiger partial charge in [0.05, 0.1) is 6.21 Å². The highest BCUT2D eigenvalue weighted by Gasteiger charge is 2.07. The van der Waals surface area contributed by atoms with E-state index in [1.807, 2.05) is 42.5 Å². The number of aromatic amines is 1. The van der Waals surface area contributed by atoms with Crippen molar-refractivity contribution in [1.29, 1.82) is 0 Å². The highest BCUT2D eigenvalue weighted by atomic mass is 32.1. The number of rotatable bonds is 3. The Morgan fingerprint density at radius 2 is 2.00 bits per heavy atom. The molecule has 3 rings (SSSR count). The predicted octanol–water partition coefficient (Wildman–Crippen LogP) is 2.88. The average Bonchev–Trinajstić information content (AvgIpc) is 2.88. The molecule has 0 fully saturated rings. The molecule has 0 amide bonds. The van der Waals surface area contributed by atoms with Gasteiger partial charge in [-0.1, -0.05) is 30.3 Å². The lowest BCUT2D eigenvalue weighted by Gasteiger charge is -1.99. The zero-order chi connectivity index (χ0) is 13.8. The van der Waals surface area contributed by atoms with Crippen molar-refractivity contribution in [1.82, 2.24) is 19.9 Å². The van der Waals surface area contributed by atoms with E-state index in [1.54, 1.807) is 23.3 Å². The molecular formula is C14H11N5S. The molecule has 0 aliphatic rings. The van der Waals surface area contributed by atoms with Gasteiger partial charge in [0.1, 0.15) is 0 Å². The Hall–Kier alpha value is -2.60. The molecule has 0 saturated heterocycles. The third kappa shape index (κ3) is 2.55. The summed E-state index contributed by atoms with van der Waals surface area (Å²) >= 11 is 5.20. The van der Waals surface area contributed by atoms with Crippen LogP contribution >= 0.6 is 12.2 Å². The van der Waals surface area contributed by atoms with Gasteiger partial charge in [-0.3, -0.25) is 4.98 Å². The highest BCUT2D eigenvalue weighted by Crippen LogP contribution is 2.15. The summed E-state index contributed by atoms with van der Waals surface area (Å²) in [6.07, 6.45) is 5.17. The van der Waals surface area contributed by atoms with E-state index in [0.717, 1.165) is 11.1 Å². The molecule has 0 aliphatic carbocycles. The van der Waals surface area contributed by atoms with Gasteiger partial charge in [0.25, 0.3) is 0 Å². The molecule has 0 spiro atoms. The molecule has 0 saturated carbocycles. The molecule has 0 aliphatic heterocycles. The summed E-state index contributed by atoms with van der Waals surface area (Å²) < 4.78 is 2.02. The van der Waals surface area contributed by atoms with Crippen molar-refractivity contribution < 1.29 is 0 Å². The van der Waals surface area contributed by atoms with Gasteiger partial charge in [0, 0.05) is 18.0 Å². The number of nitrogens with zero attached hydrogens (tertiary/aromatic N) is 4. The van der Waals surface area contributed by atoms with E-state index in [4.69, 9.17) is 12.2 Å². The normalized spacial score (nSPS) is 11.0. The van der Waals surface area contributed by atoms with Crippen LogP contribution < -0.4 is 0 Å². The van der Waals surface area contributed by atoms with E-state index < -0.39 is 0 Å². The Bertz CT molecular complexity index is 774. The van der Waals surface area contributed by atoms with Crippen LogP contribution in [0.3, 0.4) is 0 Å². The Morgan fingerprint density at radius 3 is 2.75 bits per heavy atom. The van der Waals surface area contributed by atoms with Crippen LogP contribution in [0.25, 0.3) is 11.4 Å². The smallest absolute Gasteiger partial charge is 0.216 e. The summed E-state index contributed by atoms with van der Waals surface area (Å²) in [6, 6.07) is 13.6. The van der Waals surface area contributed by atoms with Crippen molar-refractivity contribution in [3.63, 3.8) is 0 Å². The van der Waals surface area contributed by atoms with Crippen molar-refractivity contribution in [3.05, 3.63) is 65.2 Å². The molecule has 1 aromatic carbocycles. The van der Waals surface area contributed by atoms with E-state index in [-0.39, 0.29) is 0 Å². The second-order valence-corrected chi connectivity index (χ2v) is 4.45. The minimum absolute atomic E-state index is 0.441. The summed E-state index contributed by atoms with van der Waals surface area (Å²) in [5.41, 5.74) is 1.85. The summed E-state index contributed by atoms with van der Waals surface area (Å²) in [5, 5.41) is 11.3. The van der Waals surface area contributed by atoms with E-state index in [2.05, 4.69) is 20.3 Å². The zero-order valence-corrected chi connectivity index (χ0v) is 11.3. The van der Waals surface area contributed by atoms with Gasteiger partial charge in [-0.25, -0.2) is 5.10 Å². The van der Waals surface area contributed by atoms with Crippen LogP contribution in [0.15, 0.2) is 60.0 Å². The quantitative estimate of drug-likeness (QED) is 0.593. The van der Waals surface area contributed by atoms with Crippen LogP contribution in [-0.2, 0) is 0 Å². The van der Waals surface area contributed by atoms with Crippen molar-refractivity contribution >= 4 is 18.4 Å².